The fourth-order valence-electron chi connectivity index (χ4n) is 2.97. The van der Waals surface area contributed by atoms with E-state index in [2.05, 4.69) is 10.3 Å². The largest absolute Gasteiger partial charge is 0.497 e. The summed E-state index contributed by atoms with van der Waals surface area (Å²) in [5.41, 5.74) is 2.48. The fourth-order valence-corrected chi connectivity index (χ4v) is 2.97. The topological polar surface area (TPSA) is 70.2 Å². The van der Waals surface area contributed by atoms with Gasteiger partial charge in [0.05, 0.1) is 19.0 Å². The molecule has 0 aliphatic rings. The van der Waals surface area contributed by atoms with E-state index in [9.17, 15) is 4.79 Å². The average Bonchev–Trinajstić information content (AvgIpc) is 3.07. The van der Waals surface area contributed by atoms with Crippen LogP contribution >= 0.6 is 0 Å². The molecule has 6 heteroatoms. The molecule has 0 radical (unpaired) electrons. The van der Waals surface area contributed by atoms with Crippen molar-refractivity contribution in [3.63, 3.8) is 0 Å². The smallest absolute Gasteiger partial charge is 0.297 e. The predicted octanol–water partition coefficient (Wildman–Crippen LogP) is 3.42. The van der Waals surface area contributed by atoms with E-state index in [0.717, 1.165) is 11.1 Å². The van der Waals surface area contributed by atoms with Crippen LogP contribution < -0.4 is 10.3 Å². The van der Waals surface area contributed by atoms with Crippen molar-refractivity contribution in [3.05, 3.63) is 76.3 Å². The van der Waals surface area contributed by atoms with Gasteiger partial charge in [-0.2, -0.15) is 5.10 Å². The molecule has 0 atom stereocenters. The minimum atomic E-state index is -0.271. The number of fused-ring (bicyclic) bond motifs is 1. The van der Waals surface area contributed by atoms with Gasteiger partial charge in [0.2, 0.25) is 0 Å². The Morgan fingerprint density at radius 1 is 1.12 bits per heavy atom. The first-order valence-corrected chi connectivity index (χ1v) is 8.23. The third-order valence-corrected chi connectivity index (χ3v) is 4.28. The molecule has 0 N–H and O–H groups in total. The Bertz CT molecular complexity index is 1130. The van der Waals surface area contributed by atoms with Crippen molar-refractivity contribution < 1.29 is 9.26 Å². The van der Waals surface area contributed by atoms with Gasteiger partial charge in [-0.05, 0) is 24.6 Å². The van der Waals surface area contributed by atoms with E-state index in [1.54, 1.807) is 14.0 Å². The van der Waals surface area contributed by atoms with Crippen LogP contribution in [0.2, 0.25) is 0 Å². The Balaban J connectivity index is 1.95. The Morgan fingerprint density at radius 3 is 2.69 bits per heavy atom. The van der Waals surface area contributed by atoms with Crippen LogP contribution in [0.25, 0.3) is 22.2 Å². The number of benzene rings is 2. The molecule has 0 aliphatic heterocycles. The van der Waals surface area contributed by atoms with E-state index < -0.39 is 0 Å². The van der Waals surface area contributed by atoms with Crippen LogP contribution in [0.3, 0.4) is 0 Å². The fraction of sp³-hybridized carbons (Fsp3) is 0.150. The van der Waals surface area contributed by atoms with Gasteiger partial charge in [0.15, 0.2) is 5.52 Å². The van der Waals surface area contributed by atoms with Crippen LogP contribution in [0.4, 0.5) is 0 Å². The first-order chi connectivity index (χ1) is 12.7. The minimum absolute atomic E-state index is 0.271. The second kappa shape index (κ2) is 6.48. The number of ether oxygens (including phenoxy) is 1. The zero-order valence-corrected chi connectivity index (χ0v) is 14.5. The van der Waals surface area contributed by atoms with Crippen molar-refractivity contribution in [1.29, 1.82) is 0 Å². The molecule has 0 unspecified atom stereocenters. The van der Waals surface area contributed by atoms with E-state index in [4.69, 9.17) is 9.26 Å². The van der Waals surface area contributed by atoms with Gasteiger partial charge in [-0.15, -0.1) is 0 Å². The zero-order chi connectivity index (χ0) is 18.1. The van der Waals surface area contributed by atoms with E-state index in [1.165, 1.54) is 4.68 Å². The lowest BCUT2D eigenvalue weighted by molar-refractivity contribution is 0.405. The number of rotatable bonds is 4. The molecule has 0 saturated heterocycles. The standard InChI is InChI=1S/C20H17N3O3/c1-13-17-18(15-9-6-10-16(11-15)25-2)21-23(20(24)19(17)22-26-13)12-14-7-4-3-5-8-14/h3-11H,12H2,1-2H3. The molecule has 0 aliphatic carbocycles. The summed E-state index contributed by atoms with van der Waals surface area (Å²) in [6.07, 6.45) is 0. The molecule has 4 aromatic rings. The summed E-state index contributed by atoms with van der Waals surface area (Å²) in [7, 11) is 1.61. The molecule has 0 bridgehead atoms. The maximum Gasteiger partial charge on any atom is 0.297 e. The lowest BCUT2D eigenvalue weighted by atomic mass is 10.1. The molecule has 6 nitrogen and oxygen atoms in total. The number of methoxy groups -OCH3 is 1. The Labute approximate surface area is 149 Å². The summed E-state index contributed by atoms with van der Waals surface area (Å²) in [6.45, 7) is 2.14. The Kier molecular flexibility index (Phi) is 4.01. The lowest BCUT2D eigenvalue weighted by Gasteiger charge is -2.10. The Morgan fingerprint density at radius 2 is 1.92 bits per heavy atom. The number of hydrogen-bond donors (Lipinski definition) is 0. The van der Waals surface area contributed by atoms with Crippen molar-refractivity contribution in [2.75, 3.05) is 7.11 Å². The van der Waals surface area contributed by atoms with E-state index in [-0.39, 0.29) is 11.1 Å². The third kappa shape index (κ3) is 2.75. The lowest BCUT2D eigenvalue weighted by Crippen LogP contribution is -2.24. The van der Waals surface area contributed by atoms with Crippen molar-refractivity contribution in [3.8, 4) is 17.0 Å². The van der Waals surface area contributed by atoms with Gasteiger partial charge in [-0.3, -0.25) is 4.79 Å². The van der Waals surface area contributed by atoms with Crippen molar-refractivity contribution in [1.82, 2.24) is 14.9 Å². The highest BCUT2D eigenvalue weighted by Crippen LogP contribution is 2.29. The van der Waals surface area contributed by atoms with Gasteiger partial charge in [0.1, 0.15) is 17.2 Å². The molecule has 0 amide bonds. The van der Waals surface area contributed by atoms with Crippen LogP contribution in [0.5, 0.6) is 5.75 Å². The maximum atomic E-state index is 12.8. The van der Waals surface area contributed by atoms with Crippen LogP contribution in [0.1, 0.15) is 11.3 Å². The number of hydrogen-bond acceptors (Lipinski definition) is 5. The third-order valence-electron chi connectivity index (χ3n) is 4.28. The normalized spacial score (nSPS) is 11.0. The van der Waals surface area contributed by atoms with Gasteiger partial charge >= 0.3 is 0 Å². The SMILES string of the molecule is COc1cccc(-c2nn(Cc3ccccc3)c(=O)c3noc(C)c23)c1. The van der Waals surface area contributed by atoms with Crippen LogP contribution in [0.15, 0.2) is 63.9 Å². The molecular weight excluding hydrogens is 330 g/mol. The van der Waals surface area contributed by atoms with Crippen molar-refractivity contribution in [2.24, 2.45) is 0 Å². The molecule has 0 spiro atoms. The van der Waals surface area contributed by atoms with Gasteiger partial charge in [0, 0.05) is 5.56 Å². The van der Waals surface area contributed by atoms with Crippen LogP contribution in [-0.4, -0.2) is 22.0 Å². The Hall–Kier alpha value is -3.41. The molecular formula is C20H17N3O3. The summed E-state index contributed by atoms with van der Waals surface area (Å²) in [5.74, 6) is 1.28. The molecule has 2 aromatic carbocycles. The number of aryl methyl sites for hydroxylation is 1. The second-order valence-corrected chi connectivity index (χ2v) is 5.99. The van der Waals surface area contributed by atoms with E-state index >= 15 is 0 Å². The van der Waals surface area contributed by atoms with Gasteiger partial charge < -0.3 is 9.26 Å². The molecule has 2 heterocycles. The summed E-state index contributed by atoms with van der Waals surface area (Å²) < 4.78 is 12.0. The first kappa shape index (κ1) is 16.1. The number of nitrogens with zero attached hydrogens (tertiary/aromatic N) is 3. The average molecular weight is 347 g/mol. The monoisotopic (exact) mass is 347 g/mol. The number of aromatic nitrogens is 3. The predicted molar refractivity (Wildman–Crippen MR) is 98.3 cm³/mol. The maximum absolute atomic E-state index is 12.8. The molecule has 0 saturated carbocycles. The van der Waals surface area contributed by atoms with Crippen molar-refractivity contribution >= 4 is 10.9 Å². The summed E-state index contributed by atoms with van der Waals surface area (Å²) in [5, 5.41) is 9.22. The van der Waals surface area contributed by atoms with Crippen LogP contribution in [-0.2, 0) is 6.54 Å². The minimum Gasteiger partial charge on any atom is -0.497 e. The van der Waals surface area contributed by atoms with Gasteiger partial charge in [0.25, 0.3) is 5.56 Å². The van der Waals surface area contributed by atoms with E-state index in [1.807, 2.05) is 54.6 Å². The summed E-state index contributed by atoms with van der Waals surface area (Å²) in [6, 6.07) is 17.3. The molecule has 2 aromatic heterocycles. The van der Waals surface area contributed by atoms with Gasteiger partial charge in [-0.25, -0.2) is 4.68 Å². The summed E-state index contributed by atoms with van der Waals surface area (Å²) in [4.78, 5) is 12.8. The van der Waals surface area contributed by atoms with Crippen molar-refractivity contribution in [2.45, 2.75) is 13.5 Å². The second-order valence-electron chi connectivity index (χ2n) is 5.99. The molecule has 130 valence electrons. The van der Waals surface area contributed by atoms with Crippen LogP contribution in [0, 0.1) is 6.92 Å². The highest BCUT2D eigenvalue weighted by Gasteiger charge is 2.19. The summed E-state index contributed by atoms with van der Waals surface area (Å²) >= 11 is 0. The molecule has 26 heavy (non-hydrogen) atoms. The highest BCUT2D eigenvalue weighted by atomic mass is 16.5. The first-order valence-electron chi connectivity index (χ1n) is 8.23. The quantitative estimate of drug-likeness (QED) is 0.566. The van der Waals surface area contributed by atoms with E-state index in [0.29, 0.717) is 29.1 Å². The highest BCUT2D eigenvalue weighted by molar-refractivity contribution is 5.93. The molecule has 4 rings (SSSR count). The van der Waals surface area contributed by atoms with Gasteiger partial charge in [-0.1, -0.05) is 47.6 Å². The zero-order valence-electron chi connectivity index (χ0n) is 14.5. The molecule has 0 fully saturated rings.